The number of benzene rings is 1. The Labute approximate surface area is 110 Å². The molecule has 1 rings (SSSR count). The Morgan fingerprint density at radius 2 is 1.83 bits per heavy atom. The second kappa shape index (κ2) is 5.42. The number of nitrogens with one attached hydrogen (secondary N) is 2. The van der Waals surface area contributed by atoms with Gasteiger partial charge in [-0.2, -0.15) is 0 Å². The molecule has 2 N–H and O–H groups in total. The van der Waals surface area contributed by atoms with E-state index in [1.54, 1.807) is 0 Å². The molecule has 0 aromatic heterocycles. The van der Waals surface area contributed by atoms with Gasteiger partial charge in [-0.25, -0.2) is 4.79 Å². The molecule has 0 spiro atoms. The third-order valence-electron chi connectivity index (χ3n) is 2.65. The molecule has 0 heterocycles. The van der Waals surface area contributed by atoms with Gasteiger partial charge in [-0.3, -0.25) is 0 Å². The number of hydrogen-bond donors (Lipinski definition) is 2. The van der Waals surface area contributed by atoms with Crippen LogP contribution in [-0.4, -0.2) is 11.6 Å². The first-order chi connectivity index (χ1) is 8.19. The molecule has 2 amide bonds. The molecule has 1 aromatic rings. The van der Waals surface area contributed by atoms with Gasteiger partial charge in [0.1, 0.15) is 0 Å². The minimum Gasteiger partial charge on any atom is -0.333 e. The first-order valence-corrected chi connectivity index (χ1v) is 6.39. The van der Waals surface area contributed by atoms with Crippen molar-refractivity contribution >= 4 is 11.7 Å². The van der Waals surface area contributed by atoms with Crippen molar-refractivity contribution in [2.75, 3.05) is 5.32 Å². The zero-order valence-electron chi connectivity index (χ0n) is 12.2. The SMILES string of the molecule is Cc1cc(C(C)C)ccc1NC(=O)NC(C)(C)C. The van der Waals surface area contributed by atoms with Crippen molar-refractivity contribution in [3.63, 3.8) is 0 Å². The smallest absolute Gasteiger partial charge is 0.319 e. The van der Waals surface area contributed by atoms with E-state index >= 15 is 0 Å². The second-order valence-corrected chi connectivity index (χ2v) is 6.06. The van der Waals surface area contributed by atoms with E-state index in [0.29, 0.717) is 5.92 Å². The van der Waals surface area contributed by atoms with E-state index in [4.69, 9.17) is 0 Å². The zero-order valence-corrected chi connectivity index (χ0v) is 12.2. The van der Waals surface area contributed by atoms with Crippen molar-refractivity contribution in [1.82, 2.24) is 5.32 Å². The summed E-state index contributed by atoms with van der Waals surface area (Å²) in [6.07, 6.45) is 0. The van der Waals surface area contributed by atoms with Crippen LogP contribution in [0.15, 0.2) is 18.2 Å². The summed E-state index contributed by atoms with van der Waals surface area (Å²) < 4.78 is 0. The molecular formula is C15H24N2O. The summed E-state index contributed by atoms with van der Waals surface area (Å²) in [5.74, 6) is 0.501. The Kier molecular flexibility index (Phi) is 4.38. The van der Waals surface area contributed by atoms with Crippen LogP contribution in [0.1, 0.15) is 51.7 Å². The third kappa shape index (κ3) is 4.40. The fraction of sp³-hybridized carbons (Fsp3) is 0.533. The fourth-order valence-electron chi connectivity index (χ4n) is 1.68. The molecule has 0 aliphatic heterocycles. The van der Waals surface area contributed by atoms with Crippen LogP contribution < -0.4 is 10.6 Å². The lowest BCUT2D eigenvalue weighted by Gasteiger charge is -2.21. The molecular weight excluding hydrogens is 224 g/mol. The molecule has 0 atom stereocenters. The van der Waals surface area contributed by atoms with Crippen LogP contribution in [-0.2, 0) is 0 Å². The Hall–Kier alpha value is -1.51. The monoisotopic (exact) mass is 248 g/mol. The Morgan fingerprint density at radius 3 is 2.28 bits per heavy atom. The maximum Gasteiger partial charge on any atom is 0.319 e. The highest BCUT2D eigenvalue weighted by molar-refractivity contribution is 5.90. The highest BCUT2D eigenvalue weighted by atomic mass is 16.2. The average Bonchev–Trinajstić information content (AvgIpc) is 2.17. The first kappa shape index (κ1) is 14.6. The number of hydrogen-bond acceptors (Lipinski definition) is 1. The molecule has 100 valence electrons. The van der Waals surface area contributed by atoms with Gasteiger partial charge >= 0.3 is 6.03 Å². The van der Waals surface area contributed by atoms with E-state index in [-0.39, 0.29) is 11.6 Å². The molecule has 0 radical (unpaired) electrons. The van der Waals surface area contributed by atoms with Crippen LogP contribution in [0, 0.1) is 6.92 Å². The Bertz CT molecular complexity index is 431. The Balaban J connectivity index is 2.77. The van der Waals surface area contributed by atoms with E-state index in [9.17, 15) is 4.79 Å². The zero-order chi connectivity index (χ0) is 13.9. The van der Waals surface area contributed by atoms with Crippen molar-refractivity contribution in [2.45, 2.75) is 53.0 Å². The summed E-state index contributed by atoms with van der Waals surface area (Å²) in [6, 6.07) is 5.98. The minimum absolute atomic E-state index is 0.164. The summed E-state index contributed by atoms with van der Waals surface area (Å²) in [4.78, 5) is 11.8. The van der Waals surface area contributed by atoms with Crippen LogP contribution in [0.25, 0.3) is 0 Å². The van der Waals surface area contributed by atoms with Gasteiger partial charge in [0.15, 0.2) is 0 Å². The second-order valence-electron chi connectivity index (χ2n) is 6.06. The van der Waals surface area contributed by atoms with Gasteiger partial charge in [0.05, 0.1) is 0 Å². The van der Waals surface area contributed by atoms with Crippen LogP contribution in [0.4, 0.5) is 10.5 Å². The van der Waals surface area contributed by atoms with E-state index < -0.39 is 0 Å². The summed E-state index contributed by atoms with van der Waals surface area (Å²) in [5.41, 5.74) is 3.01. The van der Waals surface area contributed by atoms with Crippen LogP contribution in [0.2, 0.25) is 0 Å². The van der Waals surface area contributed by atoms with E-state index in [0.717, 1.165) is 11.3 Å². The van der Waals surface area contributed by atoms with E-state index in [1.807, 2.05) is 33.8 Å². The van der Waals surface area contributed by atoms with Crippen molar-refractivity contribution < 1.29 is 4.79 Å². The molecule has 0 aliphatic rings. The summed E-state index contributed by atoms with van der Waals surface area (Å²) in [5, 5.41) is 5.77. The number of urea groups is 1. The highest BCUT2D eigenvalue weighted by Crippen LogP contribution is 2.21. The van der Waals surface area contributed by atoms with E-state index in [1.165, 1.54) is 5.56 Å². The number of amides is 2. The molecule has 0 saturated heterocycles. The average molecular weight is 248 g/mol. The molecule has 0 bridgehead atoms. The molecule has 18 heavy (non-hydrogen) atoms. The summed E-state index contributed by atoms with van der Waals surface area (Å²) in [7, 11) is 0. The maximum absolute atomic E-state index is 11.8. The predicted molar refractivity (Wildman–Crippen MR) is 77.2 cm³/mol. The van der Waals surface area contributed by atoms with Gasteiger partial charge in [-0.1, -0.05) is 26.0 Å². The standard InChI is InChI=1S/C15H24N2O/c1-10(2)12-7-8-13(11(3)9-12)16-14(18)17-15(4,5)6/h7-10H,1-6H3,(H2,16,17,18). The van der Waals surface area contributed by atoms with Gasteiger partial charge in [0, 0.05) is 11.2 Å². The molecule has 3 heteroatoms. The first-order valence-electron chi connectivity index (χ1n) is 6.39. The van der Waals surface area contributed by atoms with Crippen molar-refractivity contribution in [1.29, 1.82) is 0 Å². The number of carbonyl (C=O) groups excluding carboxylic acids is 1. The Morgan fingerprint density at radius 1 is 1.22 bits per heavy atom. The lowest BCUT2D eigenvalue weighted by Crippen LogP contribution is -2.43. The minimum atomic E-state index is -0.226. The van der Waals surface area contributed by atoms with Crippen molar-refractivity contribution in [3.05, 3.63) is 29.3 Å². The van der Waals surface area contributed by atoms with Crippen LogP contribution in [0.5, 0.6) is 0 Å². The van der Waals surface area contributed by atoms with Crippen molar-refractivity contribution in [2.24, 2.45) is 0 Å². The number of rotatable bonds is 2. The molecule has 3 nitrogen and oxygen atoms in total. The van der Waals surface area contributed by atoms with Gasteiger partial charge in [-0.15, -0.1) is 0 Å². The maximum atomic E-state index is 11.8. The fourth-order valence-corrected chi connectivity index (χ4v) is 1.68. The summed E-state index contributed by atoms with van der Waals surface area (Å²) >= 11 is 0. The van der Waals surface area contributed by atoms with Crippen molar-refractivity contribution in [3.8, 4) is 0 Å². The predicted octanol–water partition coefficient (Wildman–Crippen LogP) is 4.04. The molecule has 0 fully saturated rings. The van der Waals surface area contributed by atoms with E-state index in [2.05, 4.69) is 36.6 Å². The van der Waals surface area contributed by atoms with Gasteiger partial charge in [-0.05, 0) is 50.8 Å². The lowest BCUT2D eigenvalue weighted by molar-refractivity contribution is 0.244. The molecule has 1 aromatic carbocycles. The number of aryl methyl sites for hydroxylation is 1. The highest BCUT2D eigenvalue weighted by Gasteiger charge is 2.14. The number of anilines is 1. The third-order valence-corrected chi connectivity index (χ3v) is 2.65. The normalized spacial score (nSPS) is 11.5. The number of carbonyl (C=O) groups is 1. The quantitative estimate of drug-likeness (QED) is 0.815. The van der Waals surface area contributed by atoms with Crippen LogP contribution in [0.3, 0.4) is 0 Å². The molecule has 0 saturated carbocycles. The summed E-state index contributed by atoms with van der Waals surface area (Å²) in [6.45, 7) is 12.2. The largest absolute Gasteiger partial charge is 0.333 e. The molecule has 0 aliphatic carbocycles. The lowest BCUT2D eigenvalue weighted by atomic mass is 10.0. The molecule has 0 unspecified atom stereocenters. The topological polar surface area (TPSA) is 41.1 Å². The van der Waals surface area contributed by atoms with Gasteiger partial charge in [0.25, 0.3) is 0 Å². The van der Waals surface area contributed by atoms with Crippen LogP contribution >= 0.6 is 0 Å². The van der Waals surface area contributed by atoms with Gasteiger partial charge in [0.2, 0.25) is 0 Å². The van der Waals surface area contributed by atoms with Gasteiger partial charge < -0.3 is 10.6 Å².